The van der Waals surface area contributed by atoms with Gasteiger partial charge in [0.25, 0.3) is 0 Å². The number of halogens is 2. The molecule has 0 aromatic heterocycles. The third-order valence-electron chi connectivity index (χ3n) is 10.4. The predicted octanol–water partition coefficient (Wildman–Crippen LogP) is 3.64. The average molecular weight is 997 g/mol. The molecule has 2 atom stereocenters. The van der Waals surface area contributed by atoms with Crippen LogP contribution in [0, 0.1) is 0 Å². The Morgan fingerprint density at radius 3 is 0.948 bits per heavy atom. The molecule has 0 unspecified atom stereocenters. The van der Waals surface area contributed by atoms with Gasteiger partial charge in [0.1, 0.15) is 35.1 Å². The number of methoxy groups -OCH3 is 4. The fourth-order valence-corrected chi connectivity index (χ4v) is 8.09. The molecule has 0 N–H and O–H groups in total. The molecule has 0 saturated heterocycles. The number of rotatable bonds is 12. The Balaban J connectivity index is 0.00000214. The molecular weight excluding hydrogens is 955 g/mol. The Morgan fingerprint density at radius 1 is 0.414 bits per heavy atom. The molecule has 0 spiro atoms. The molecule has 0 fully saturated rings. The molecule has 0 radical (unpaired) electrons. The van der Waals surface area contributed by atoms with Crippen LogP contribution in [-0.2, 0) is 41.1 Å². The van der Waals surface area contributed by atoms with Gasteiger partial charge in [-0.2, -0.15) is 0 Å². The number of hydrogen-bond donors (Lipinski definition) is 0. The molecule has 6 aromatic rings. The maximum Gasteiger partial charge on any atom is 2.00 e. The first-order valence-corrected chi connectivity index (χ1v) is 18.2. The predicted molar refractivity (Wildman–Crippen MR) is 214 cm³/mol. The molecule has 8 rings (SSSR count). The van der Waals surface area contributed by atoms with E-state index in [1.807, 2.05) is 133 Å². The number of nitrogens with zero attached hydrogens (tertiary/aromatic N) is 2. The molecule has 8 nitrogen and oxygen atoms in total. The van der Waals surface area contributed by atoms with E-state index in [4.69, 9.17) is 38.4 Å². The molecule has 2 aliphatic heterocycles. The van der Waals surface area contributed by atoms with Gasteiger partial charge in [-0.05, 0) is 35.4 Å². The summed E-state index contributed by atoms with van der Waals surface area (Å²) in [6.07, 6.45) is 0.158. The normalized spacial score (nSPS) is 17.0. The standard InChI is InChI=1S/C47H42N2O6.2BrH.Pd/c1-50-38-27-15-11-23-34(38)46(35-24-12-16-28-39(35)51-2)44(32-19-7-5-8-20-32)48-42(54-46)31-43-49-45(33-21-9-6-10-22-33)47(55-43,36-25-13-17-29-40(36)52-3)37-26-14-18-30-41(37)53-4;;;/h5-30,44-45H,31H2,1-4H3;2*1H;/q;;;+2/p-2/t44-,45-;;;/m1.../s1. The van der Waals surface area contributed by atoms with Crippen molar-refractivity contribution in [3.05, 3.63) is 191 Å². The first kappa shape index (κ1) is 44.2. The van der Waals surface area contributed by atoms with E-state index in [1.165, 1.54) is 0 Å². The first-order valence-electron chi connectivity index (χ1n) is 18.2. The SMILES string of the molecule is COc1ccccc1C1(c2ccccc2OC)OC(CC2=N[C@H](c3ccccc3)C(c3ccccc3OC)(c3ccccc3OC)O2)=N[C@@H]1c1ccccc1.[Br-].[Br-].[Pd+2]. The molecule has 0 saturated carbocycles. The van der Waals surface area contributed by atoms with Gasteiger partial charge in [-0.1, -0.05) is 133 Å². The van der Waals surface area contributed by atoms with Crippen LogP contribution in [0.4, 0.5) is 0 Å². The van der Waals surface area contributed by atoms with Crippen LogP contribution in [0.5, 0.6) is 23.0 Å². The van der Waals surface area contributed by atoms with Gasteiger partial charge in [-0.15, -0.1) is 0 Å². The quantitative estimate of drug-likeness (QED) is 0.175. The summed E-state index contributed by atoms with van der Waals surface area (Å²) in [6.45, 7) is 0. The van der Waals surface area contributed by atoms with Gasteiger partial charge in [0.15, 0.2) is 23.0 Å². The van der Waals surface area contributed by atoms with Gasteiger partial charge in [0.05, 0.1) is 34.9 Å². The van der Waals surface area contributed by atoms with Crippen LogP contribution in [0.1, 0.15) is 51.9 Å². The van der Waals surface area contributed by atoms with Gasteiger partial charge in [0, 0.05) is 22.3 Å². The van der Waals surface area contributed by atoms with E-state index in [0.29, 0.717) is 34.8 Å². The number of benzene rings is 6. The van der Waals surface area contributed by atoms with Crippen molar-refractivity contribution in [2.45, 2.75) is 29.7 Å². The van der Waals surface area contributed by atoms with Crippen molar-refractivity contribution in [2.24, 2.45) is 9.98 Å². The zero-order chi connectivity index (χ0) is 37.8. The van der Waals surface area contributed by atoms with Crippen LogP contribution in [-0.4, -0.2) is 40.2 Å². The number of ether oxygens (including phenoxy) is 6. The fraction of sp³-hybridized carbons (Fsp3) is 0.191. The molecule has 11 heteroatoms. The van der Waals surface area contributed by atoms with Crippen LogP contribution in [0.3, 0.4) is 0 Å². The summed E-state index contributed by atoms with van der Waals surface area (Å²) in [5, 5.41) is 0. The molecule has 300 valence electrons. The van der Waals surface area contributed by atoms with Crippen LogP contribution in [0.15, 0.2) is 168 Å². The van der Waals surface area contributed by atoms with Gasteiger partial charge in [0.2, 0.25) is 0 Å². The van der Waals surface area contributed by atoms with E-state index in [0.717, 1.165) is 33.4 Å². The van der Waals surface area contributed by atoms with Crippen molar-refractivity contribution in [1.29, 1.82) is 0 Å². The molecule has 0 aliphatic carbocycles. The molecule has 0 amide bonds. The van der Waals surface area contributed by atoms with Crippen molar-refractivity contribution >= 4 is 11.8 Å². The second-order valence-corrected chi connectivity index (χ2v) is 13.3. The largest absolute Gasteiger partial charge is 2.00 e. The van der Waals surface area contributed by atoms with Crippen molar-refractivity contribution in [2.75, 3.05) is 28.4 Å². The number of para-hydroxylation sites is 4. The van der Waals surface area contributed by atoms with Crippen LogP contribution >= 0.6 is 0 Å². The zero-order valence-electron chi connectivity index (χ0n) is 32.3. The van der Waals surface area contributed by atoms with Gasteiger partial charge < -0.3 is 62.4 Å². The van der Waals surface area contributed by atoms with E-state index < -0.39 is 23.3 Å². The maximum absolute atomic E-state index is 7.33. The molecule has 6 aromatic carbocycles. The number of aliphatic imine (C=N–C) groups is 2. The van der Waals surface area contributed by atoms with E-state index in [1.54, 1.807) is 28.4 Å². The van der Waals surface area contributed by atoms with Crippen molar-refractivity contribution < 1.29 is 82.8 Å². The molecule has 2 heterocycles. The third kappa shape index (κ3) is 7.69. The summed E-state index contributed by atoms with van der Waals surface area (Å²) in [4.78, 5) is 10.8. The van der Waals surface area contributed by atoms with E-state index in [2.05, 4.69) is 24.3 Å². The van der Waals surface area contributed by atoms with Crippen LogP contribution < -0.4 is 52.9 Å². The molecular formula is C47H42Br2N2O6Pd. The Labute approximate surface area is 374 Å². The van der Waals surface area contributed by atoms with E-state index in [9.17, 15) is 0 Å². The second-order valence-electron chi connectivity index (χ2n) is 13.3. The minimum absolute atomic E-state index is 0. The molecule has 2 aliphatic rings. The van der Waals surface area contributed by atoms with E-state index in [-0.39, 0.29) is 60.8 Å². The Bertz CT molecular complexity index is 2100. The van der Waals surface area contributed by atoms with Crippen molar-refractivity contribution in [1.82, 2.24) is 0 Å². The molecule has 58 heavy (non-hydrogen) atoms. The summed E-state index contributed by atoms with van der Waals surface area (Å²) in [5.41, 5.74) is 2.79. The summed E-state index contributed by atoms with van der Waals surface area (Å²) in [7, 11) is 6.68. The zero-order valence-corrected chi connectivity index (χ0v) is 37.0. The van der Waals surface area contributed by atoms with Crippen molar-refractivity contribution in [3.63, 3.8) is 0 Å². The Kier molecular flexibility index (Phi) is 14.6. The average Bonchev–Trinajstić information content (AvgIpc) is 3.84. The smallest absolute Gasteiger partial charge is 1.00 e. The summed E-state index contributed by atoms with van der Waals surface area (Å²) in [5.74, 6) is 3.55. The van der Waals surface area contributed by atoms with Crippen molar-refractivity contribution in [3.8, 4) is 23.0 Å². The van der Waals surface area contributed by atoms with Crippen LogP contribution in [0.25, 0.3) is 0 Å². The fourth-order valence-electron chi connectivity index (χ4n) is 8.09. The summed E-state index contributed by atoms with van der Waals surface area (Å²) >= 11 is 0. The second kappa shape index (κ2) is 19.2. The third-order valence-corrected chi connectivity index (χ3v) is 10.4. The number of hydrogen-bond acceptors (Lipinski definition) is 8. The maximum atomic E-state index is 7.33. The minimum Gasteiger partial charge on any atom is -1.00 e. The topological polar surface area (TPSA) is 80.1 Å². The van der Waals surface area contributed by atoms with Crippen LogP contribution in [0.2, 0.25) is 0 Å². The van der Waals surface area contributed by atoms with Gasteiger partial charge >= 0.3 is 20.4 Å². The van der Waals surface area contributed by atoms with E-state index >= 15 is 0 Å². The van der Waals surface area contributed by atoms with Gasteiger partial charge in [-0.3, -0.25) is 0 Å². The Hall–Kier alpha value is -4.92. The Morgan fingerprint density at radius 2 is 0.672 bits per heavy atom. The summed E-state index contributed by atoms with van der Waals surface area (Å²) < 4.78 is 38.7. The van der Waals surface area contributed by atoms with Gasteiger partial charge in [-0.25, -0.2) is 9.98 Å². The molecule has 0 bridgehead atoms. The first-order chi connectivity index (χ1) is 27.1. The summed E-state index contributed by atoms with van der Waals surface area (Å²) in [6, 6.07) is 50.9. The minimum atomic E-state index is -1.18. The monoisotopic (exact) mass is 994 g/mol.